The van der Waals surface area contributed by atoms with E-state index in [2.05, 4.69) is 0 Å². The summed E-state index contributed by atoms with van der Waals surface area (Å²) in [5, 5.41) is 8.58. The van der Waals surface area contributed by atoms with Crippen LogP contribution in [0.2, 0.25) is 0 Å². The van der Waals surface area contributed by atoms with E-state index in [0.29, 0.717) is 6.54 Å². The van der Waals surface area contributed by atoms with Crippen LogP contribution in [0.3, 0.4) is 0 Å². The molecule has 0 atom stereocenters. The molecule has 0 heterocycles. The van der Waals surface area contributed by atoms with Gasteiger partial charge in [0.2, 0.25) is 0 Å². The minimum Gasteiger partial charge on any atom is -0.481 e. The van der Waals surface area contributed by atoms with Gasteiger partial charge >= 0.3 is 5.97 Å². The quantitative estimate of drug-likeness (QED) is 0.569. The Hall–Kier alpha value is -0.830. The molecule has 10 heavy (non-hydrogen) atoms. The van der Waals surface area contributed by atoms with E-state index in [9.17, 15) is 4.79 Å². The summed E-state index contributed by atoms with van der Waals surface area (Å²) >= 11 is 0. The zero-order valence-electron chi connectivity index (χ0n) is 6.29. The molecule has 0 bridgehead atoms. The molecule has 0 fully saturated rings. The van der Waals surface area contributed by atoms with Gasteiger partial charge in [-0.15, -0.1) is 0 Å². The van der Waals surface area contributed by atoms with Crippen molar-refractivity contribution >= 4 is 5.97 Å². The van der Waals surface area contributed by atoms with Crippen LogP contribution in [0, 0.1) is 5.41 Å². The average molecular weight is 143 g/mol. The Labute approximate surface area is 60.5 Å². The van der Waals surface area contributed by atoms with Crippen molar-refractivity contribution < 1.29 is 9.90 Å². The van der Waals surface area contributed by atoms with E-state index in [4.69, 9.17) is 10.8 Å². The molecular weight excluding hydrogens is 130 g/mol. The molecule has 0 aliphatic rings. The van der Waals surface area contributed by atoms with Crippen LogP contribution < -0.4 is 5.73 Å². The predicted octanol–water partition coefficient (Wildman–Crippen LogP) is 0.612. The molecule has 0 spiro atoms. The maximum atomic E-state index is 10.4. The fourth-order valence-corrected chi connectivity index (χ4v) is 0.434. The Bertz CT molecular complexity index is 150. The zero-order chi connectivity index (χ0) is 8.20. The Morgan fingerprint density at radius 3 is 2.50 bits per heavy atom. The van der Waals surface area contributed by atoms with Crippen molar-refractivity contribution in [1.82, 2.24) is 0 Å². The number of hydrogen-bond donors (Lipinski definition) is 2. The molecule has 0 radical (unpaired) electrons. The molecule has 58 valence electrons. The van der Waals surface area contributed by atoms with E-state index in [0.717, 1.165) is 0 Å². The maximum Gasteiger partial charge on any atom is 0.312 e. The summed E-state index contributed by atoms with van der Waals surface area (Å²) in [6.45, 7) is 3.64. The molecule has 0 aromatic heterocycles. The summed E-state index contributed by atoms with van der Waals surface area (Å²) in [7, 11) is 0. The second kappa shape index (κ2) is 3.37. The highest BCUT2D eigenvalue weighted by Gasteiger charge is 2.22. The number of aliphatic carboxylic acids is 1. The topological polar surface area (TPSA) is 63.3 Å². The van der Waals surface area contributed by atoms with Gasteiger partial charge in [-0.1, -0.05) is 12.2 Å². The lowest BCUT2D eigenvalue weighted by atomic mass is 9.93. The third kappa shape index (κ3) is 2.64. The van der Waals surface area contributed by atoms with E-state index in [1.807, 2.05) is 0 Å². The fraction of sp³-hybridized carbons (Fsp3) is 0.571. The first-order valence-corrected chi connectivity index (χ1v) is 3.12. The molecule has 0 rings (SSSR count). The SMILES string of the molecule is CC(C)(C=CCN)C(=O)O. The predicted molar refractivity (Wildman–Crippen MR) is 39.6 cm³/mol. The highest BCUT2D eigenvalue weighted by Crippen LogP contribution is 2.16. The summed E-state index contributed by atoms with van der Waals surface area (Å²) in [6, 6.07) is 0. The number of nitrogens with two attached hydrogens (primary N) is 1. The first-order valence-electron chi connectivity index (χ1n) is 3.12. The lowest BCUT2D eigenvalue weighted by Crippen LogP contribution is -2.20. The van der Waals surface area contributed by atoms with Crippen LogP contribution in [0.25, 0.3) is 0 Å². The Kier molecular flexibility index (Phi) is 3.09. The highest BCUT2D eigenvalue weighted by atomic mass is 16.4. The summed E-state index contributed by atoms with van der Waals surface area (Å²) in [6.07, 6.45) is 3.24. The minimum absolute atomic E-state index is 0.386. The number of rotatable bonds is 3. The van der Waals surface area contributed by atoms with Crippen LogP contribution >= 0.6 is 0 Å². The first-order chi connectivity index (χ1) is 4.50. The van der Waals surface area contributed by atoms with Crippen molar-refractivity contribution in [1.29, 1.82) is 0 Å². The lowest BCUT2D eigenvalue weighted by molar-refractivity contribution is -0.144. The van der Waals surface area contributed by atoms with Crippen LogP contribution in [-0.2, 0) is 4.79 Å². The van der Waals surface area contributed by atoms with Crippen LogP contribution in [0.1, 0.15) is 13.8 Å². The van der Waals surface area contributed by atoms with Gasteiger partial charge in [0.05, 0.1) is 5.41 Å². The van der Waals surface area contributed by atoms with E-state index >= 15 is 0 Å². The number of carboxylic acids is 1. The molecule has 0 aliphatic heterocycles. The monoisotopic (exact) mass is 143 g/mol. The van der Waals surface area contributed by atoms with Crippen LogP contribution in [0.15, 0.2) is 12.2 Å². The Morgan fingerprint density at radius 2 is 2.20 bits per heavy atom. The number of hydrogen-bond acceptors (Lipinski definition) is 2. The van der Waals surface area contributed by atoms with Gasteiger partial charge in [0, 0.05) is 6.54 Å². The zero-order valence-corrected chi connectivity index (χ0v) is 6.29. The molecule has 0 amide bonds. The van der Waals surface area contributed by atoms with Crippen molar-refractivity contribution in [2.24, 2.45) is 11.1 Å². The number of carboxylic acid groups (broad SMARTS) is 1. The lowest BCUT2D eigenvalue weighted by Gasteiger charge is -2.12. The molecule has 3 nitrogen and oxygen atoms in total. The highest BCUT2D eigenvalue weighted by molar-refractivity contribution is 5.75. The van der Waals surface area contributed by atoms with Gasteiger partial charge in [0.25, 0.3) is 0 Å². The number of carbonyl (C=O) groups is 1. The molecule has 3 heteroatoms. The van der Waals surface area contributed by atoms with Gasteiger partial charge in [-0.05, 0) is 13.8 Å². The molecule has 0 saturated carbocycles. The molecule has 3 N–H and O–H groups in total. The molecule has 0 aromatic rings. The summed E-state index contributed by atoms with van der Waals surface area (Å²) in [5.41, 5.74) is 4.36. The maximum absolute atomic E-state index is 10.4. The second-order valence-electron chi connectivity index (χ2n) is 2.66. The normalized spacial score (nSPS) is 12.3. The van der Waals surface area contributed by atoms with Crippen molar-refractivity contribution in [2.45, 2.75) is 13.8 Å². The van der Waals surface area contributed by atoms with Crippen LogP contribution in [-0.4, -0.2) is 17.6 Å². The minimum atomic E-state index is -0.836. The first kappa shape index (κ1) is 9.17. The Balaban J connectivity index is 4.12. The second-order valence-corrected chi connectivity index (χ2v) is 2.66. The van der Waals surface area contributed by atoms with E-state index in [1.54, 1.807) is 26.0 Å². The largest absolute Gasteiger partial charge is 0.481 e. The van der Waals surface area contributed by atoms with Gasteiger partial charge in [-0.2, -0.15) is 0 Å². The van der Waals surface area contributed by atoms with Crippen molar-refractivity contribution in [3.63, 3.8) is 0 Å². The smallest absolute Gasteiger partial charge is 0.312 e. The van der Waals surface area contributed by atoms with Crippen LogP contribution in [0.4, 0.5) is 0 Å². The van der Waals surface area contributed by atoms with Gasteiger partial charge < -0.3 is 10.8 Å². The van der Waals surface area contributed by atoms with Gasteiger partial charge in [-0.25, -0.2) is 0 Å². The van der Waals surface area contributed by atoms with E-state index < -0.39 is 11.4 Å². The van der Waals surface area contributed by atoms with E-state index in [-0.39, 0.29) is 0 Å². The summed E-state index contributed by atoms with van der Waals surface area (Å²) in [4.78, 5) is 10.4. The standard InChI is InChI=1S/C7H13NO2/c1-7(2,6(9)10)4-3-5-8/h3-4H,5,8H2,1-2H3,(H,9,10). The molecular formula is C7H13NO2. The molecule has 0 saturated heterocycles. The summed E-state index contributed by atoms with van der Waals surface area (Å²) in [5.74, 6) is -0.836. The van der Waals surface area contributed by atoms with Gasteiger partial charge in [0.15, 0.2) is 0 Å². The van der Waals surface area contributed by atoms with E-state index in [1.165, 1.54) is 0 Å². The van der Waals surface area contributed by atoms with Gasteiger partial charge in [-0.3, -0.25) is 4.79 Å². The van der Waals surface area contributed by atoms with Crippen molar-refractivity contribution in [3.8, 4) is 0 Å². The third-order valence-corrected chi connectivity index (χ3v) is 1.22. The summed E-state index contributed by atoms with van der Waals surface area (Å²) < 4.78 is 0. The molecule has 0 aliphatic carbocycles. The van der Waals surface area contributed by atoms with Gasteiger partial charge in [0.1, 0.15) is 0 Å². The Morgan fingerprint density at radius 1 is 1.70 bits per heavy atom. The van der Waals surface area contributed by atoms with Crippen molar-refractivity contribution in [3.05, 3.63) is 12.2 Å². The van der Waals surface area contributed by atoms with Crippen molar-refractivity contribution in [2.75, 3.05) is 6.54 Å². The van der Waals surface area contributed by atoms with Crippen LogP contribution in [0.5, 0.6) is 0 Å². The fourth-order valence-electron chi connectivity index (χ4n) is 0.434. The molecule has 0 aromatic carbocycles. The average Bonchev–Trinajstić information content (AvgIpc) is 1.84. The molecule has 0 unspecified atom stereocenters. The third-order valence-electron chi connectivity index (χ3n) is 1.22.